The highest BCUT2D eigenvalue weighted by molar-refractivity contribution is 5.66. The number of esters is 1. The number of fused-ring (bicyclic) bond motifs is 1. The Balaban J connectivity index is 1.37. The van der Waals surface area contributed by atoms with Crippen LogP contribution in [0.5, 0.6) is 11.5 Å². The fourth-order valence-corrected chi connectivity index (χ4v) is 3.75. The molecular formula is C24H25NO5. The molecular weight excluding hydrogens is 382 g/mol. The predicted octanol–water partition coefficient (Wildman–Crippen LogP) is 4.83. The maximum Gasteiger partial charge on any atom is 0.303 e. The van der Waals surface area contributed by atoms with Crippen LogP contribution in [0, 0.1) is 6.92 Å². The van der Waals surface area contributed by atoms with Crippen LogP contribution in [0.3, 0.4) is 0 Å². The Morgan fingerprint density at radius 2 is 1.93 bits per heavy atom. The maximum atomic E-state index is 11.2. The number of aryl methyl sites for hydroxylation is 2. The Bertz CT molecular complexity index is 1040. The zero-order valence-corrected chi connectivity index (χ0v) is 17.4. The lowest BCUT2D eigenvalue weighted by Crippen LogP contribution is -2.05. The number of carbonyl (C=O) groups is 1. The van der Waals surface area contributed by atoms with E-state index in [0.29, 0.717) is 18.9 Å². The van der Waals surface area contributed by atoms with Crippen molar-refractivity contribution >= 4 is 5.97 Å². The molecule has 3 aromatic rings. The van der Waals surface area contributed by atoms with Gasteiger partial charge >= 0.3 is 5.97 Å². The van der Waals surface area contributed by atoms with Crippen molar-refractivity contribution in [1.82, 2.24) is 4.98 Å². The highest BCUT2D eigenvalue weighted by Gasteiger charge is 2.25. The fraction of sp³-hybridized carbons (Fsp3) is 0.333. The smallest absolute Gasteiger partial charge is 0.303 e. The number of carbonyl (C=O) groups excluding carboxylic acids is 1. The molecule has 0 radical (unpaired) electrons. The minimum absolute atomic E-state index is 0.138. The van der Waals surface area contributed by atoms with Crippen LogP contribution >= 0.6 is 0 Å². The van der Waals surface area contributed by atoms with E-state index in [-0.39, 0.29) is 12.1 Å². The summed E-state index contributed by atoms with van der Waals surface area (Å²) >= 11 is 0. The van der Waals surface area contributed by atoms with E-state index in [1.54, 1.807) is 7.11 Å². The van der Waals surface area contributed by atoms with Gasteiger partial charge in [-0.3, -0.25) is 4.79 Å². The molecule has 6 nitrogen and oxygen atoms in total. The van der Waals surface area contributed by atoms with Gasteiger partial charge in [0, 0.05) is 18.9 Å². The molecule has 1 aliphatic rings. The topological polar surface area (TPSA) is 70.8 Å². The molecule has 0 spiro atoms. The van der Waals surface area contributed by atoms with Gasteiger partial charge in [-0.1, -0.05) is 6.07 Å². The predicted molar refractivity (Wildman–Crippen MR) is 112 cm³/mol. The summed E-state index contributed by atoms with van der Waals surface area (Å²) in [6, 6.07) is 13.6. The van der Waals surface area contributed by atoms with Gasteiger partial charge < -0.3 is 18.6 Å². The Hall–Kier alpha value is -3.28. The van der Waals surface area contributed by atoms with Crippen LogP contribution in [-0.4, -0.2) is 24.7 Å². The minimum atomic E-state index is -0.245. The number of nitrogens with zero attached hydrogens (tertiary/aromatic N) is 1. The lowest BCUT2D eigenvalue weighted by Gasteiger charge is -2.12. The molecule has 0 bridgehead atoms. The van der Waals surface area contributed by atoms with Crippen molar-refractivity contribution < 1.29 is 23.4 Å². The molecule has 0 fully saturated rings. The van der Waals surface area contributed by atoms with Crippen molar-refractivity contribution in [3.8, 4) is 23.0 Å². The normalized spacial score (nSPS) is 15.0. The van der Waals surface area contributed by atoms with Crippen molar-refractivity contribution in [2.24, 2.45) is 0 Å². The Kier molecular flexibility index (Phi) is 5.74. The number of hydrogen-bond donors (Lipinski definition) is 0. The number of hydrogen-bond acceptors (Lipinski definition) is 6. The summed E-state index contributed by atoms with van der Waals surface area (Å²) in [6.45, 7) is 3.86. The Morgan fingerprint density at radius 3 is 2.67 bits per heavy atom. The molecule has 2 aromatic carbocycles. The number of methoxy groups -OCH3 is 1. The van der Waals surface area contributed by atoms with Crippen LogP contribution in [0.25, 0.3) is 11.5 Å². The van der Waals surface area contributed by atoms with E-state index >= 15 is 0 Å². The first-order chi connectivity index (χ1) is 14.5. The van der Waals surface area contributed by atoms with Crippen LogP contribution in [-0.2, 0) is 22.4 Å². The average molecular weight is 407 g/mol. The van der Waals surface area contributed by atoms with Gasteiger partial charge in [-0.2, -0.15) is 0 Å². The van der Waals surface area contributed by atoms with Gasteiger partial charge in [-0.25, -0.2) is 4.98 Å². The lowest BCUT2D eigenvalue weighted by molar-refractivity contribution is -0.146. The molecule has 6 heteroatoms. The number of rotatable bonds is 7. The number of aromatic nitrogens is 1. The second-order valence-corrected chi connectivity index (χ2v) is 7.35. The monoisotopic (exact) mass is 407 g/mol. The fourth-order valence-electron chi connectivity index (χ4n) is 3.75. The lowest BCUT2D eigenvalue weighted by atomic mass is 10.1. The van der Waals surface area contributed by atoms with Gasteiger partial charge in [-0.05, 0) is 67.3 Å². The maximum absolute atomic E-state index is 11.2. The zero-order chi connectivity index (χ0) is 21.1. The molecule has 156 valence electrons. The number of benzene rings is 2. The van der Waals surface area contributed by atoms with Crippen molar-refractivity contribution in [3.05, 3.63) is 65.0 Å². The van der Waals surface area contributed by atoms with Gasteiger partial charge in [0.15, 0.2) is 0 Å². The van der Waals surface area contributed by atoms with Crippen LogP contribution in [0.1, 0.15) is 42.0 Å². The Morgan fingerprint density at radius 1 is 1.17 bits per heavy atom. The highest BCUT2D eigenvalue weighted by Crippen LogP contribution is 2.36. The molecule has 4 rings (SSSR count). The standard InChI is InChI=1S/C24H25NO5/c1-15-22(25-24(29-15)17-4-7-19(27-3)8-5-17)12-13-28-20-9-10-21-18(14-20)6-11-23(21)30-16(2)26/h4-5,7-10,14,23H,6,11-13H2,1-3H3. The van der Waals surface area contributed by atoms with Gasteiger partial charge in [0.25, 0.3) is 0 Å². The van der Waals surface area contributed by atoms with E-state index in [4.69, 9.17) is 18.6 Å². The Labute approximate surface area is 175 Å². The summed E-state index contributed by atoms with van der Waals surface area (Å²) in [7, 11) is 1.64. The van der Waals surface area contributed by atoms with Crippen molar-refractivity contribution in [1.29, 1.82) is 0 Å². The SMILES string of the molecule is COc1ccc(-c2nc(CCOc3ccc4c(c3)CCC4OC(C)=O)c(C)o2)cc1. The molecule has 0 saturated heterocycles. The molecule has 30 heavy (non-hydrogen) atoms. The average Bonchev–Trinajstić information content (AvgIpc) is 3.31. The first kappa shape index (κ1) is 20.0. The quantitative estimate of drug-likeness (QED) is 0.523. The van der Waals surface area contributed by atoms with Crippen LogP contribution in [0.15, 0.2) is 46.9 Å². The summed E-state index contributed by atoms with van der Waals surface area (Å²) in [6.07, 6.45) is 2.22. The molecule has 0 amide bonds. The van der Waals surface area contributed by atoms with Crippen LogP contribution in [0.4, 0.5) is 0 Å². The third kappa shape index (κ3) is 4.32. The summed E-state index contributed by atoms with van der Waals surface area (Å²) < 4.78 is 22.3. The van der Waals surface area contributed by atoms with Crippen molar-refractivity contribution in [3.63, 3.8) is 0 Å². The van der Waals surface area contributed by atoms with Crippen LogP contribution in [0.2, 0.25) is 0 Å². The molecule has 1 unspecified atom stereocenters. The minimum Gasteiger partial charge on any atom is -0.497 e. The van der Waals surface area contributed by atoms with Crippen LogP contribution < -0.4 is 9.47 Å². The van der Waals surface area contributed by atoms with E-state index in [0.717, 1.165) is 46.9 Å². The first-order valence-corrected chi connectivity index (χ1v) is 10.1. The molecule has 1 aliphatic carbocycles. The molecule has 0 aliphatic heterocycles. The number of ether oxygens (including phenoxy) is 3. The largest absolute Gasteiger partial charge is 0.497 e. The molecule has 0 N–H and O–H groups in total. The van der Waals surface area contributed by atoms with E-state index in [9.17, 15) is 4.79 Å². The van der Waals surface area contributed by atoms with Gasteiger partial charge in [0.2, 0.25) is 5.89 Å². The molecule has 1 heterocycles. The summed E-state index contributed by atoms with van der Waals surface area (Å²) in [4.78, 5) is 15.9. The highest BCUT2D eigenvalue weighted by atomic mass is 16.5. The van der Waals surface area contributed by atoms with E-state index in [2.05, 4.69) is 4.98 Å². The molecule has 0 saturated carbocycles. The third-order valence-corrected chi connectivity index (χ3v) is 5.28. The number of oxazole rings is 1. The van der Waals surface area contributed by atoms with Crippen molar-refractivity contribution in [2.75, 3.05) is 13.7 Å². The molecule has 1 atom stereocenters. The first-order valence-electron chi connectivity index (χ1n) is 10.1. The zero-order valence-electron chi connectivity index (χ0n) is 17.4. The van der Waals surface area contributed by atoms with Crippen molar-refractivity contribution in [2.45, 2.75) is 39.2 Å². The van der Waals surface area contributed by atoms with E-state index in [1.165, 1.54) is 12.5 Å². The van der Waals surface area contributed by atoms with E-state index in [1.807, 2.05) is 49.4 Å². The molecule has 1 aromatic heterocycles. The van der Waals surface area contributed by atoms with Gasteiger partial charge in [-0.15, -0.1) is 0 Å². The third-order valence-electron chi connectivity index (χ3n) is 5.28. The summed E-state index contributed by atoms with van der Waals surface area (Å²) in [5.41, 5.74) is 4.05. The van der Waals surface area contributed by atoms with Gasteiger partial charge in [0.1, 0.15) is 23.4 Å². The second-order valence-electron chi connectivity index (χ2n) is 7.35. The second kappa shape index (κ2) is 8.61. The van der Waals surface area contributed by atoms with Gasteiger partial charge in [0.05, 0.1) is 19.4 Å². The summed E-state index contributed by atoms with van der Waals surface area (Å²) in [5.74, 6) is 2.75. The summed E-state index contributed by atoms with van der Waals surface area (Å²) in [5, 5.41) is 0. The van der Waals surface area contributed by atoms with E-state index < -0.39 is 0 Å².